The number of hydrogen-bond acceptors (Lipinski definition) is 2. The Morgan fingerprint density at radius 1 is 1.12 bits per heavy atom. The van der Waals surface area contributed by atoms with Crippen LogP contribution in [-0.4, -0.2) is 23.8 Å². The molecular weight excluding hydrogens is 210 g/mol. The molecule has 4 aliphatic rings. The second-order valence-electron chi connectivity index (χ2n) is 5.61. The van der Waals surface area contributed by atoms with E-state index in [1.165, 1.54) is 18.4 Å². The normalized spacial score (nSPS) is 36.1. The van der Waals surface area contributed by atoms with Gasteiger partial charge in [0, 0.05) is 24.9 Å². The highest BCUT2D eigenvalue weighted by atomic mass is 15.3. The molecule has 3 aliphatic heterocycles. The fourth-order valence-electron chi connectivity index (χ4n) is 4.08. The molecule has 3 nitrogen and oxygen atoms in total. The van der Waals surface area contributed by atoms with Crippen molar-refractivity contribution in [1.29, 1.82) is 0 Å². The highest BCUT2D eigenvalue weighted by Crippen LogP contribution is 2.47. The van der Waals surface area contributed by atoms with Gasteiger partial charge in [-0.15, -0.1) is 0 Å². The number of hydrogen-bond donors (Lipinski definition) is 1. The smallest absolute Gasteiger partial charge is 0.132 e. The van der Waals surface area contributed by atoms with Gasteiger partial charge in [0.15, 0.2) is 0 Å². The first kappa shape index (κ1) is 9.51. The number of nitrogens with zero attached hydrogens (tertiary/aromatic N) is 2. The van der Waals surface area contributed by atoms with Crippen molar-refractivity contribution in [2.45, 2.75) is 24.7 Å². The molecule has 5 rings (SSSR count). The lowest BCUT2D eigenvalue weighted by Gasteiger charge is -2.43. The van der Waals surface area contributed by atoms with Gasteiger partial charge in [0.25, 0.3) is 0 Å². The van der Waals surface area contributed by atoms with Gasteiger partial charge in [-0.05, 0) is 29.9 Å². The molecule has 1 aromatic carbocycles. The van der Waals surface area contributed by atoms with Crippen LogP contribution < -0.4 is 5.84 Å². The van der Waals surface area contributed by atoms with E-state index in [1.54, 1.807) is 5.56 Å². The molecule has 17 heavy (non-hydrogen) atoms. The van der Waals surface area contributed by atoms with Crippen LogP contribution in [0.15, 0.2) is 29.4 Å². The zero-order chi connectivity index (χ0) is 11.4. The summed E-state index contributed by atoms with van der Waals surface area (Å²) >= 11 is 0. The van der Waals surface area contributed by atoms with Crippen LogP contribution in [-0.2, 0) is 0 Å². The number of amidine groups is 1. The van der Waals surface area contributed by atoms with Crippen LogP contribution in [0, 0.1) is 5.92 Å². The minimum Gasteiger partial charge on any atom is -0.357 e. The summed E-state index contributed by atoms with van der Waals surface area (Å²) in [6.07, 6.45) is 2.59. The third-order valence-electron chi connectivity index (χ3n) is 4.69. The summed E-state index contributed by atoms with van der Waals surface area (Å²) in [7, 11) is 0. The summed E-state index contributed by atoms with van der Waals surface area (Å²) in [5.74, 6) is 8.71. The maximum absolute atomic E-state index is 5.63. The van der Waals surface area contributed by atoms with Crippen LogP contribution in [0.4, 0.5) is 0 Å². The zero-order valence-electron chi connectivity index (χ0n) is 9.84. The van der Waals surface area contributed by atoms with E-state index in [0.717, 1.165) is 24.8 Å². The first-order valence-corrected chi connectivity index (χ1v) is 6.48. The van der Waals surface area contributed by atoms with Crippen LogP contribution in [0.2, 0.25) is 0 Å². The van der Waals surface area contributed by atoms with Crippen molar-refractivity contribution in [2.75, 3.05) is 13.1 Å². The topological polar surface area (TPSA) is 41.6 Å². The van der Waals surface area contributed by atoms with E-state index in [9.17, 15) is 0 Å². The minimum atomic E-state index is 0.447. The zero-order valence-corrected chi connectivity index (χ0v) is 9.84. The molecule has 4 bridgehead atoms. The molecule has 1 aliphatic carbocycles. The van der Waals surface area contributed by atoms with E-state index in [0.29, 0.717) is 11.8 Å². The fourth-order valence-corrected chi connectivity index (χ4v) is 4.08. The van der Waals surface area contributed by atoms with Gasteiger partial charge in [-0.1, -0.05) is 24.3 Å². The first-order valence-electron chi connectivity index (χ1n) is 6.48. The summed E-state index contributed by atoms with van der Waals surface area (Å²) in [6.45, 7) is 2.27. The number of rotatable bonds is 0. The van der Waals surface area contributed by atoms with Gasteiger partial charge in [0.1, 0.15) is 5.84 Å². The quantitative estimate of drug-likeness (QED) is 0.543. The van der Waals surface area contributed by atoms with Gasteiger partial charge >= 0.3 is 0 Å². The van der Waals surface area contributed by atoms with Gasteiger partial charge < -0.3 is 10.7 Å². The van der Waals surface area contributed by atoms with E-state index in [4.69, 9.17) is 5.84 Å². The molecule has 3 heterocycles. The van der Waals surface area contributed by atoms with Crippen molar-refractivity contribution >= 4 is 5.84 Å². The largest absolute Gasteiger partial charge is 0.357 e. The molecule has 0 amide bonds. The van der Waals surface area contributed by atoms with Crippen LogP contribution in [0.3, 0.4) is 0 Å². The Labute approximate surface area is 101 Å². The number of benzene rings is 1. The average Bonchev–Trinajstić information content (AvgIpc) is 2.52. The lowest BCUT2D eigenvalue weighted by Crippen LogP contribution is -2.48. The summed E-state index contributed by atoms with van der Waals surface area (Å²) in [5.41, 5.74) is 3.02. The molecule has 0 aromatic heterocycles. The van der Waals surface area contributed by atoms with Gasteiger partial charge in [0.2, 0.25) is 0 Å². The lowest BCUT2D eigenvalue weighted by molar-refractivity contribution is 0.198. The Morgan fingerprint density at radius 2 is 1.94 bits per heavy atom. The molecular formula is C14H17N3. The predicted octanol–water partition coefficient (Wildman–Crippen LogP) is 1.87. The molecule has 3 atom stereocenters. The molecule has 0 spiro atoms. The molecule has 0 saturated carbocycles. The average molecular weight is 227 g/mol. The van der Waals surface area contributed by atoms with Crippen molar-refractivity contribution in [3.8, 4) is 0 Å². The van der Waals surface area contributed by atoms with E-state index < -0.39 is 0 Å². The summed E-state index contributed by atoms with van der Waals surface area (Å²) in [6, 6.07) is 8.89. The minimum absolute atomic E-state index is 0.447. The molecule has 2 saturated heterocycles. The van der Waals surface area contributed by atoms with Gasteiger partial charge in [-0.25, -0.2) is 0 Å². The van der Waals surface area contributed by atoms with Gasteiger partial charge in [-0.3, -0.25) is 0 Å². The third-order valence-corrected chi connectivity index (χ3v) is 4.69. The number of nitrogens with two attached hydrogens (primary N) is 1. The van der Waals surface area contributed by atoms with Crippen molar-refractivity contribution in [2.24, 2.45) is 16.9 Å². The number of piperidine rings is 2. The monoisotopic (exact) mass is 227 g/mol. The Bertz CT molecular complexity index is 494. The van der Waals surface area contributed by atoms with Gasteiger partial charge in [0.05, 0.1) is 0 Å². The highest BCUT2D eigenvalue weighted by Gasteiger charge is 2.44. The molecule has 2 fully saturated rings. The molecule has 88 valence electrons. The third kappa shape index (κ3) is 1.20. The maximum atomic E-state index is 5.63. The lowest BCUT2D eigenvalue weighted by atomic mass is 9.81. The molecule has 0 radical (unpaired) electrons. The second-order valence-corrected chi connectivity index (χ2v) is 5.61. The molecule has 0 unspecified atom stereocenters. The van der Waals surface area contributed by atoms with Crippen molar-refractivity contribution in [3.05, 3.63) is 35.4 Å². The van der Waals surface area contributed by atoms with Crippen molar-refractivity contribution in [3.63, 3.8) is 0 Å². The first-order chi connectivity index (χ1) is 8.36. The van der Waals surface area contributed by atoms with Gasteiger partial charge in [-0.2, -0.15) is 5.10 Å². The SMILES string of the molecule is N/N=C1/[C@@H]2C[C@H]3C[C@H](CN1C3)c1ccccc12. The fraction of sp³-hybridized carbons (Fsp3) is 0.500. The Balaban J connectivity index is 1.95. The van der Waals surface area contributed by atoms with Crippen molar-refractivity contribution < 1.29 is 0 Å². The van der Waals surface area contributed by atoms with Crippen LogP contribution in [0.25, 0.3) is 0 Å². The number of hydrazone groups is 1. The van der Waals surface area contributed by atoms with Crippen LogP contribution >= 0.6 is 0 Å². The van der Waals surface area contributed by atoms with Crippen LogP contribution in [0.1, 0.15) is 35.8 Å². The van der Waals surface area contributed by atoms with E-state index in [-0.39, 0.29) is 0 Å². The molecule has 3 heteroatoms. The van der Waals surface area contributed by atoms with E-state index >= 15 is 0 Å². The van der Waals surface area contributed by atoms with Crippen molar-refractivity contribution in [1.82, 2.24) is 4.90 Å². The summed E-state index contributed by atoms with van der Waals surface area (Å²) in [5, 5.41) is 4.09. The predicted molar refractivity (Wildman–Crippen MR) is 67.8 cm³/mol. The summed E-state index contributed by atoms with van der Waals surface area (Å²) < 4.78 is 0. The Hall–Kier alpha value is -1.51. The Morgan fingerprint density at radius 3 is 2.76 bits per heavy atom. The standard InChI is InChI=1S/C14H17N3/c15-16-14-13-6-9-5-10(8-17(14)7-9)11-3-1-2-4-12(11)13/h1-4,9-10,13H,5-8,15H2/b16-14-/t9-,10-,13-/m1/s1. The van der Waals surface area contributed by atoms with Crippen LogP contribution in [0.5, 0.6) is 0 Å². The molecule has 1 aromatic rings. The highest BCUT2D eigenvalue weighted by molar-refractivity contribution is 5.91. The maximum Gasteiger partial charge on any atom is 0.132 e. The van der Waals surface area contributed by atoms with E-state index in [2.05, 4.69) is 34.3 Å². The second kappa shape index (κ2) is 3.25. The van der Waals surface area contributed by atoms with E-state index in [1.807, 2.05) is 0 Å². The molecule has 2 N–H and O–H groups in total. The Kier molecular flexibility index (Phi) is 1.82. The summed E-state index contributed by atoms with van der Waals surface area (Å²) in [4.78, 5) is 2.42.